The van der Waals surface area contributed by atoms with Crippen LogP contribution in [0.4, 0.5) is 0 Å². The molecule has 2 heterocycles. The van der Waals surface area contributed by atoms with E-state index in [9.17, 15) is 4.79 Å². The van der Waals surface area contributed by atoms with Crippen molar-refractivity contribution in [2.24, 2.45) is 5.92 Å². The highest BCUT2D eigenvalue weighted by Crippen LogP contribution is 2.30. The number of benzene rings is 1. The van der Waals surface area contributed by atoms with Crippen LogP contribution >= 0.6 is 0 Å². The summed E-state index contributed by atoms with van der Waals surface area (Å²) in [6.45, 7) is 5.13. The van der Waals surface area contributed by atoms with Gasteiger partial charge in [0.15, 0.2) is 11.5 Å². The van der Waals surface area contributed by atoms with E-state index >= 15 is 0 Å². The number of nitrogens with zero attached hydrogens (tertiary/aromatic N) is 1. The smallest absolute Gasteiger partial charge is 0.220 e. The molecule has 0 spiro atoms. The monoisotopic (exact) mass is 383 g/mol. The lowest BCUT2D eigenvalue weighted by Crippen LogP contribution is -2.29. The molecule has 2 N–H and O–H groups in total. The van der Waals surface area contributed by atoms with Crippen LogP contribution in [0, 0.1) is 5.92 Å². The van der Waals surface area contributed by atoms with Crippen molar-refractivity contribution in [3.63, 3.8) is 0 Å². The van der Waals surface area contributed by atoms with E-state index < -0.39 is 0 Å². The zero-order valence-electron chi connectivity index (χ0n) is 16.4. The van der Waals surface area contributed by atoms with Crippen molar-refractivity contribution in [3.05, 3.63) is 48.2 Å². The van der Waals surface area contributed by atoms with Crippen LogP contribution in [0.5, 0.6) is 17.4 Å². The maximum absolute atomic E-state index is 12.1. The van der Waals surface area contributed by atoms with Gasteiger partial charge in [0.05, 0.1) is 6.61 Å². The number of ether oxygens (including phenoxy) is 2. The summed E-state index contributed by atoms with van der Waals surface area (Å²) in [4.78, 5) is 16.4. The van der Waals surface area contributed by atoms with Gasteiger partial charge in [0.25, 0.3) is 0 Å². The molecule has 1 aliphatic rings. The largest absolute Gasteiger partial charge is 0.490 e. The molecule has 28 heavy (non-hydrogen) atoms. The topological polar surface area (TPSA) is 72.5 Å². The maximum Gasteiger partial charge on any atom is 0.220 e. The number of para-hydroxylation sites is 2. The molecule has 1 aromatic heterocycles. The molecule has 1 aromatic carbocycles. The van der Waals surface area contributed by atoms with Gasteiger partial charge in [0.1, 0.15) is 0 Å². The van der Waals surface area contributed by atoms with E-state index in [0.717, 1.165) is 25.1 Å². The first-order chi connectivity index (χ1) is 13.7. The highest BCUT2D eigenvalue weighted by molar-refractivity contribution is 5.75. The molecule has 1 saturated heterocycles. The Hall–Kier alpha value is -2.60. The van der Waals surface area contributed by atoms with Gasteiger partial charge >= 0.3 is 0 Å². The van der Waals surface area contributed by atoms with E-state index in [0.29, 0.717) is 42.9 Å². The molecule has 0 bridgehead atoms. The average molecular weight is 383 g/mol. The first kappa shape index (κ1) is 20.1. The third-order valence-electron chi connectivity index (χ3n) is 4.89. The lowest BCUT2D eigenvalue weighted by molar-refractivity contribution is -0.121. The van der Waals surface area contributed by atoms with Crippen LogP contribution in [0.25, 0.3) is 0 Å². The Morgan fingerprint density at radius 2 is 1.96 bits per heavy atom. The van der Waals surface area contributed by atoms with Crippen LogP contribution in [0.2, 0.25) is 0 Å². The zero-order chi connectivity index (χ0) is 19.6. The lowest BCUT2D eigenvalue weighted by Gasteiger charge is -2.22. The standard InChI is InChI=1S/C22H29N3O3/c1-2-27-19-5-3-4-6-20(19)28-22-10-8-18(16-25-22)15-24-21(26)9-7-17-11-13-23-14-12-17/h3-6,8,10,16-17,23H,2,7,9,11-15H2,1H3,(H,24,26). The van der Waals surface area contributed by atoms with E-state index in [1.165, 1.54) is 12.8 Å². The Labute approximate surface area is 166 Å². The molecule has 2 aromatic rings. The number of hydrogen-bond donors (Lipinski definition) is 2. The predicted octanol–water partition coefficient (Wildman–Crippen LogP) is 3.67. The second-order valence-corrected chi connectivity index (χ2v) is 7.00. The molecule has 0 aliphatic carbocycles. The number of carbonyl (C=O) groups excluding carboxylic acids is 1. The van der Waals surface area contributed by atoms with Gasteiger partial charge in [0.2, 0.25) is 11.8 Å². The highest BCUT2D eigenvalue weighted by Gasteiger charge is 2.14. The second-order valence-electron chi connectivity index (χ2n) is 7.00. The van der Waals surface area contributed by atoms with Gasteiger partial charge < -0.3 is 20.1 Å². The third kappa shape index (κ3) is 6.23. The minimum Gasteiger partial charge on any atom is -0.490 e. The highest BCUT2D eigenvalue weighted by atomic mass is 16.5. The van der Waals surface area contributed by atoms with Crippen molar-refractivity contribution in [2.75, 3.05) is 19.7 Å². The molecule has 6 nitrogen and oxygen atoms in total. The number of nitrogens with one attached hydrogen (secondary N) is 2. The molecule has 0 unspecified atom stereocenters. The molecule has 3 rings (SSSR count). The number of rotatable bonds is 9. The van der Waals surface area contributed by atoms with E-state index in [1.54, 1.807) is 12.3 Å². The molecular formula is C22H29N3O3. The number of aromatic nitrogens is 1. The van der Waals surface area contributed by atoms with Gasteiger partial charge in [-0.05, 0) is 62.9 Å². The van der Waals surface area contributed by atoms with Gasteiger partial charge in [-0.1, -0.05) is 18.2 Å². The van der Waals surface area contributed by atoms with Crippen molar-refractivity contribution in [3.8, 4) is 17.4 Å². The van der Waals surface area contributed by atoms with Crippen LogP contribution in [0.3, 0.4) is 0 Å². The maximum atomic E-state index is 12.1. The van der Waals surface area contributed by atoms with Crippen LogP contribution in [-0.2, 0) is 11.3 Å². The zero-order valence-corrected chi connectivity index (χ0v) is 16.4. The van der Waals surface area contributed by atoms with Gasteiger partial charge in [-0.25, -0.2) is 4.98 Å². The third-order valence-corrected chi connectivity index (χ3v) is 4.89. The molecule has 1 amide bonds. The van der Waals surface area contributed by atoms with Crippen LogP contribution in [0.1, 0.15) is 38.2 Å². The summed E-state index contributed by atoms with van der Waals surface area (Å²) in [7, 11) is 0. The van der Waals surface area contributed by atoms with Crippen LogP contribution in [-0.4, -0.2) is 30.6 Å². The molecule has 6 heteroatoms. The summed E-state index contributed by atoms with van der Waals surface area (Å²) in [6.07, 6.45) is 5.63. The normalized spacial score (nSPS) is 14.5. The summed E-state index contributed by atoms with van der Waals surface area (Å²) < 4.78 is 11.4. The first-order valence-electron chi connectivity index (χ1n) is 10.1. The minimum absolute atomic E-state index is 0.101. The molecular weight excluding hydrogens is 354 g/mol. The molecule has 150 valence electrons. The van der Waals surface area contributed by atoms with Gasteiger partial charge in [-0.3, -0.25) is 4.79 Å². The summed E-state index contributed by atoms with van der Waals surface area (Å²) in [5.41, 5.74) is 0.945. The van der Waals surface area contributed by atoms with E-state index in [-0.39, 0.29) is 5.91 Å². The fraction of sp³-hybridized carbons (Fsp3) is 0.455. The number of piperidine rings is 1. The van der Waals surface area contributed by atoms with Crippen molar-refractivity contribution >= 4 is 5.91 Å². The molecule has 1 fully saturated rings. The SMILES string of the molecule is CCOc1ccccc1Oc1ccc(CNC(=O)CCC2CCNCC2)cn1. The summed E-state index contributed by atoms with van der Waals surface area (Å²) in [5.74, 6) is 2.59. The Morgan fingerprint density at radius 1 is 1.18 bits per heavy atom. The van der Waals surface area contributed by atoms with Crippen molar-refractivity contribution in [1.29, 1.82) is 0 Å². The molecule has 0 radical (unpaired) electrons. The summed E-state index contributed by atoms with van der Waals surface area (Å²) in [5, 5.41) is 6.33. The van der Waals surface area contributed by atoms with Crippen molar-refractivity contribution < 1.29 is 14.3 Å². The Balaban J connectivity index is 1.44. The minimum atomic E-state index is 0.101. The van der Waals surface area contributed by atoms with E-state index in [4.69, 9.17) is 9.47 Å². The second kappa shape index (κ2) is 10.7. The Bertz CT molecular complexity index is 743. The van der Waals surface area contributed by atoms with Gasteiger partial charge in [0, 0.05) is 25.2 Å². The number of carbonyl (C=O) groups is 1. The molecule has 0 atom stereocenters. The van der Waals surface area contributed by atoms with Gasteiger partial charge in [-0.15, -0.1) is 0 Å². The van der Waals surface area contributed by atoms with Gasteiger partial charge in [-0.2, -0.15) is 0 Å². The Kier molecular flexibility index (Phi) is 7.67. The summed E-state index contributed by atoms with van der Waals surface area (Å²) >= 11 is 0. The number of amides is 1. The lowest BCUT2D eigenvalue weighted by atomic mass is 9.93. The van der Waals surface area contributed by atoms with E-state index in [1.807, 2.05) is 37.3 Å². The Morgan fingerprint density at radius 3 is 2.68 bits per heavy atom. The van der Waals surface area contributed by atoms with E-state index in [2.05, 4.69) is 15.6 Å². The first-order valence-corrected chi connectivity index (χ1v) is 10.1. The number of hydrogen-bond acceptors (Lipinski definition) is 5. The fourth-order valence-corrected chi connectivity index (χ4v) is 3.29. The van der Waals surface area contributed by atoms with Crippen molar-refractivity contribution in [2.45, 2.75) is 39.2 Å². The predicted molar refractivity (Wildman–Crippen MR) is 109 cm³/mol. The van der Waals surface area contributed by atoms with Crippen molar-refractivity contribution in [1.82, 2.24) is 15.6 Å². The quantitative estimate of drug-likeness (QED) is 0.691. The fourth-order valence-electron chi connectivity index (χ4n) is 3.29. The summed E-state index contributed by atoms with van der Waals surface area (Å²) in [6, 6.07) is 11.2. The molecule has 1 aliphatic heterocycles. The average Bonchev–Trinajstić information content (AvgIpc) is 2.74. The number of pyridine rings is 1. The van der Waals surface area contributed by atoms with Crippen LogP contribution < -0.4 is 20.1 Å². The van der Waals surface area contributed by atoms with Crippen LogP contribution in [0.15, 0.2) is 42.6 Å². The molecule has 0 saturated carbocycles.